The first-order chi connectivity index (χ1) is 21.8. The van der Waals surface area contributed by atoms with Crippen LogP contribution in [0.4, 0.5) is 27.8 Å². The van der Waals surface area contributed by atoms with Gasteiger partial charge in [-0.1, -0.05) is 24.2 Å². The van der Waals surface area contributed by atoms with Gasteiger partial charge < -0.3 is 9.80 Å². The summed E-state index contributed by atoms with van der Waals surface area (Å²) in [6, 6.07) is 4.94. The van der Waals surface area contributed by atoms with Crippen molar-refractivity contribution in [2.24, 2.45) is 0 Å². The Morgan fingerprint density at radius 2 is 1.83 bits per heavy atom. The van der Waals surface area contributed by atoms with E-state index in [1.54, 1.807) is 42.1 Å². The lowest BCUT2D eigenvalue weighted by atomic mass is 9.95. The van der Waals surface area contributed by atoms with E-state index in [0.717, 1.165) is 29.5 Å². The predicted molar refractivity (Wildman–Crippen MR) is 167 cm³/mol. The summed E-state index contributed by atoms with van der Waals surface area (Å²) in [5.74, 6) is -2.76. The molecule has 2 aromatic heterocycles. The lowest BCUT2D eigenvalue weighted by molar-refractivity contribution is -0.137. The largest absolute Gasteiger partial charge is 0.417 e. The lowest BCUT2D eigenvalue weighted by Gasteiger charge is -2.44. The highest BCUT2D eigenvalue weighted by atomic mass is 35.5. The Kier molecular flexibility index (Phi) is 8.34. The van der Waals surface area contributed by atoms with Crippen LogP contribution in [0, 0.1) is 11.6 Å². The molecule has 1 fully saturated rings. The quantitative estimate of drug-likeness (QED) is 0.133. The van der Waals surface area contributed by atoms with Gasteiger partial charge in [0.1, 0.15) is 17.5 Å². The zero-order chi connectivity index (χ0) is 33.1. The van der Waals surface area contributed by atoms with Gasteiger partial charge in [-0.3, -0.25) is 14.3 Å². The maximum Gasteiger partial charge on any atom is 0.417 e. The molecule has 1 amide bonds. The molecule has 1 unspecified atom stereocenters. The van der Waals surface area contributed by atoms with Crippen molar-refractivity contribution in [3.63, 3.8) is 0 Å². The van der Waals surface area contributed by atoms with Crippen molar-refractivity contribution in [1.82, 2.24) is 19.4 Å². The first kappa shape index (κ1) is 32.0. The molecule has 46 heavy (non-hydrogen) atoms. The highest BCUT2D eigenvalue weighted by Gasteiger charge is 2.40. The third kappa shape index (κ3) is 5.53. The van der Waals surface area contributed by atoms with Gasteiger partial charge in [-0.05, 0) is 43.7 Å². The van der Waals surface area contributed by atoms with E-state index in [1.807, 2.05) is 6.07 Å². The summed E-state index contributed by atoms with van der Waals surface area (Å²) in [7, 11) is 0. The zero-order valence-electron chi connectivity index (χ0n) is 24.6. The van der Waals surface area contributed by atoms with Gasteiger partial charge in [-0.2, -0.15) is 18.2 Å². The number of carbonyl (C=O) groups is 1. The van der Waals surface area contributed by atoms with Crippen LogP contribution in [-0.2, 0) is 17.5 Å². The van der Waals surface area contributed by atoms with Gasteiger partial charge in [-0.15, -0.1) is 11.8 Å². The second-order valence-electron chi connectivity index (χ2n) is 11.4. The SMILES string of the molecule is C=CC(=O)N1[C@H](C)CN(c2nc(=O)n3c4c(c(-c5cc(Cl)c(F)cc5F)c(C(F)(F)F)cc24)SCC(c2cccnc2)C3)C[C@@H]1C. The number of nitrogens with zero attached hydrogens (tertiary/aromatic N) is 5. The summed E-state index contributed by atoms with van der Waals surface area (Å²) < 4.78 is 76.0. The van der Waals surface area contributed by atoms with Crippen LogP contribution in [0.3, 0.4) is 0 Å². The van der Waals surface area contributed by atoms with Gasteiger partial charge >= 0.3 is 11.9 Å². The number of amides is 1. The first-order valence-electron chi connectivity index (χ1n) is 14.4. The van der Waals surface area contributed by atoms with Crippen LogP contribution >= 0.6 is 23.4 Å². The number of carbonyl (C=O) groups excluding carboxylic acids is 1. The van der Waals surface area contributed by atoms with Crippen molar-refractivity contribution in [3.8, 4) is 11.1 Å². The summed E-state index contributed by atoms with van der Waals surface area (Å²) in [6.07, 6.45) is -0.578. The Labute approximate surface area is 269 Å². The van der Waals surface area contributed by atoms with Crippen molar-refractivity contribution < 1.29 is 26.7 Å². The molecule has 1 saturated heterocycles. The number of aromatic nitrogens is 3. The molecule has 0 N–H and O–H groups in total. The van der Waals surface area contributed by atoms with Gasteiger partial charge in [0.25, 0.3) is 0 Å². The highest BCUT2D eigenvalue weighted by molar-refractivity contribution is 7.99. The zero-order valence-corrected chi connectivity index (χ0v) is 26.2. The summed E-state index contributed by atoms with van der Waals surface area (Å²) in [6.45, 7) is 7.58. The highest BCUT2D eigenvalue weighted by Crippen LogP contribution is 2.50. The van der Waals surface area contributed by atoms with E-state index < -0.39 is 45.2 Å². The number of halogens is 6. The lowest BCUT2D eigenvalue weighted by Crippen LogP contribution is -2.58. The number of piperazine rings is 1. The molecular formula is C32H27ClF5N5O2S. The minimum atomic E-state index is -4.99. The maximum absolute atomic E-state index is 15.4. The smallest absolute Gasteiger partial charge is 0.352 e. The van der Waals surface area contributed by atoms with Crippen molar-refractivity contribution in [3.05, 3.63) is 93.6 Å². The minimum Gasteiger partial charge on any atom is -0.352 e. The van der Waals surface area contributed by atoms with E-state index in [-0.39, 0.29) is 70.9 Å². The molecule has 0 bridgehead atoms. The standard InChI is InChI=1S/C32H27ClF5N5O2S/c1-4-26(44)43-16(2)12-41(13-17(43)3)30-21-8-22(32(36,37)38)27(20-9-23(33)25(35)10-24(20)34)29-28(21)42(31(45)40-30)14-19(15-46-29)18-6-5-7-39-11-18/h4-11,16-17,19H,1,12-15H2,2-3H3/t16-,17+,19?. The summed E-state index contributed by atoms with van der Waals surface area (Å²) >= 11 is 7.02. The third-order valence-electron chi connectivity index (χ3n) is 8.42. The monoisotopic (exact) mass is 675 g/mol. The van der Waals surface area contributed by atoms with Gasteiger partial charge in [0.05, 0.1) is 16.1 Å². The van der Waals surface area contributed by atoms with Crippen molar-refractivity contribution in [2.75, 3.05) is 23.7 Å². The second kappa shape index (κ2) is 12.0. The molecule has 4 aromatic rings. The Bertz CT molecular complexity index is 1930. The number of hydrogen-bond donors (Lipinski definition) is 0. The van der Waals surface area contributed by atoms with Gasteiger partial charge in [-0.25, -0.2) is 13.6 Å². The first-order valence-corrected chi connectivity index (χ1v) is 15.7. The molecule has 3 atom stereocenters. The molecule has 7 nitrogen and oxygen atoms in total. The van der Waals surface area contributed by atoms with E-state index >= 15 is 17.6 Å². The van der Waals surface area contributed by atoms with E-state index in [1.165, 1.54) is 10.6 Å². The Morgan fingerprint density at radius 3 is 2.46 bits per heavy atom. The Balaban J connectivity index is 1.66. The summed E-state index contributed by atoms with van der Waals surface area (Å²) in [5, 5.41) is -0.507. The second-order valence-corrected chi connectivity index (χ2v) is 12.9. The van der Waals surface area contributed by atoms with Crippen LogP contribution in [0.15, 0.2) is 65.1 Å². The molecule has 2 aromatic carbocycles. The number of anilines is 1. The third-order valence-corrected chi connectivity index (χ3v) is 9.96. The molecular weight excluding hydrogens is 649 g/mol. The average molecular weight is 676 g/mol. The summed E-state index contributed by atoms with van der Waals surface area (Å²) in [5.41, 5.74) is -2.05. The van der Waals surface area contributed by atoms with Crippen molar-refractivity contribution in [1.29, 1.82) is 0 Å². The number of rotatable bonds is 4. The van der Waals surface area contributed by atoms with Crippen LogP contribution in [0.2, 0.25) is 5.02 Å². The molecule has 2 aliphatic rings. The van der Waals surface area contributed by atoms with E-state index in [2.05, 4.69) is 16.5 Å². The topological polar surface area (TPSA) is 71.3 Å². The van der Waals surface area contributed by atoms with Crippen LogP contribution < -0.4 is 10.6 Å². The molecule has 240 valence electrons. The fraction of sp³-hybridized carbons (Fsp3) is 0.312. The van der Waals surface area contributed by atoms with Crippen molar-refractivity contribution in [2.45, 2.75) is 49.5 Å². The van der Waals surface area contributed by atoms with Crippen LogP contribution in [0.25, 0.3) is 22.0 Å². The molecule has 2 aliphatic heterocycles. The fourth-order valence-electron chi connectivity index (χ4n) is 6.46. The van der Waals surface area contributed by atoms with E-state index in [4.69, 9.17) is 11.6 Å². The molecule has 0 saturated carbocycles. The maximum atomic E-state index is 15.4. The molecule has 0 spiro atoms. The molecule has 6 rings (SSSR count). The normalized spacial score (nSPS) is 20.1. The molecule has 14 heteroatoms. The van der Waals surface area contributed by atoms with Crippen molar-refractivity contribution >= 4 is 46.0 Å². The number of benzene rings is 2. The van der Waals surface area contributed by atoms with E-state index in [9.17, 15) is 14.0 Å². The van der Waals surface area contributed by atoms with Crippen LogP contribution in [-0.4, -0.2) is 56.3 Å². The van der Waals surface area contributed by atoms with E-state index in [0.29, 0.717) is 6.07 Å². The number of pyridine rings is 1. The minimum absolute atomic E-state index is 0.000100. The molecule has 0 radical (unpaired) electrons. The van der Waals surface area contributed by atoms with Crippen LogP contribution in [0.5, 0.6) is 0 Å². The molecule has 0 aliphatic carbocycles. The Hall–Kier alpha value is -3.97. The number of thioether (sulfide) groups is 1. The van der Waals surface area contributed by atoms with Gasteiger partial charge in [0, 0.05) is 83.3 Å². The Morgan fingerprint density at radius 1 is 1.11 bits per heavy atom. The summed E-state index contributed by atoms with van der Waals surface area (Å²) in [4.78, 5) is 38.3. The molecule has 4 heterocycles. The predicted octanol–water partition coefficient (Wildman–Crippen LogP) is 6.91. The fourth-order valence-corrected chi connectivity index (χ4v) is 8.01. The number of alkyl halides is 3. The van der Waals surface area contributed by atoms with Crippen LogP contribution in [0.1, 0.15) is 30.9 Å². The van der Waals surface area contributed by atoms with Gasteiger partial charge in [0.2, 0.25) is 5.91 Å². The number of hydrogen-bond acceptors (Lipinski definition) is 6. The average Bonchev–Trinajstić information content (AvgIpc) is 3.21. The van der Waals surface area contributed by atoms with Gasteiger partial charge in [0.15, 0.2) is 0 Å².